The Kier molecular flexibility index (Phi) is 4.07. The highest BCUT2D eigenvalue weighted by molar-refractivity contribution is 6.05. The van der Waals surface area contributed by atoms with Crippen LogP contribution in [0.15, 0.2) is 30.3 Å². The number of benzene rings is 2. The molecule has 3 N–H and O–H groups in total. The molecular formula is C15H14F2N2O2. The van der Waals surface area contributed by atoms with Crippen molar-refractivity contribution in [3.8, 4) is 5.75 Å². The monoisotopic (exact) mass is 292 g/mol. The normalized spacial score (nSPS) is 10.3. The van der Waals surface area contributed by atoms with Gasteiger partial charge >= 0.3 is 0 Å². The van der Waals surface area contributed by atoms with Gasteiger partial charge in [0.25, 0.3) is 5.91 Å². The molecule has 110 valence electrons. The number of carbonyl (C=O) groups excluding carboxylic acids is 1. The third-order valence-corrected chi connectivity index (χ3v) is 3.00. The first kappa shape index (κ1) is 14.8. The van der Waals surface area contributed by atoms with Crippen LogP contribution in [0, 0.1) is 18.6 Å². The maximum absolute atomic E-state index is 13.9. The number of anilines is 2. The molecule has 0 aliphatic carbocycles. The Hall–Kier alpha value is -2.63. The Morgan fingerprint density at radius 1 is 1.24 bits per heavy atom. The van der Waals surface area contributed by atoms with Crippen molar-refractivity contribution < 1.29 is 18.3 Å². The van der Waals surface area contributed by atoms with E-state index >= 15 is 0 Å². The number of hydrogen-bond acceptors (Lipinski definition) is 3. The average molecular weight is 292 g/mol. The van der Waals surface area contributed by atoms with E-state index in [1.54, 1.807) is 0 Å². The summed E-state index contributed by atoms with van der Waals surface area (Å²) in [6.45, 7) is 1.46. The highest BCUT2D eigenvalue weighted by Crippen LogP contribution is 2.26. The van der Waals surface area contributed by atoms with Crippen molar-refractivity contribution >= 4 is 17.3 Å². The van der Waals surface area contributed by atoms with E-state index in [0.717, 1.165) is 6.07 Å². The quantitative estimate of drug-likeness (QED) is 0.854. The molecule has 2 rings (SSSR count). The fraction of sp³-hybridized carbons (Fsp3) is 0.133. The summed E-state index contributed by atoms with van der Waals surface area (Å²) in [7, 11) is 1.43. The first-order chi connectivity index (χ1) is 9.93. The molecule has 0 aromatic heterocycles. The number of nitrogens with one attached hydrogen (secondary N) is 1. The third-order valence-electron chi connectivity index (χ3n) is 3.00. The van der Waals surface area contributed by atoms with Crippen molar-refractivity contribution in [1.29, 1.82) is 0 Å². The van der Waals surface area contributed by atoms with Crippen molar-refractivity contribution in [1.82, 2.24) is 0 Å². The van der Waals surface area contributed by atoms with Gasteiger partial charge in [-0.3, -0.25) is 4.79 Å². The number of hydrogen-bond donors (Lipinski definition) is 2. The van der Waals surface area contributed by atoms with E-state index in [9.17, 15) is 13.6 Å². The third kappa shape index (κ3) is 2.94. The Morgan fingerprint density at radius 2 is 1.95 bits per heavy atom. The van der Waals surface area contributed by atoms with Crippen LogP contribution in [0.3, 0.4) is 0 Å². The summed E-state index contributed by atoms with van der Waals surface area (Å²) in [5, 5.41) is 2.41. The molecule has 1 amide bonds. The molecule has 0 saturated carbocycles. The molecule has 0 saturated heterocycles. The first-order valence-corrected chi connectivity index (χ1v) is 6.13. The predicted molar refractivity (Wildman–Crippen MR) is 76.5 cm³/mol. The van der Waals surface area contributed by atoms with Gasteiger partial charge in [-0.05, 0) is 30.7 Å². The fourth-order valence-corrected chi connectivity index (χ4v) is 1.85. The minimum atomic E-state index is -0.919. The molecule has 6 heteroatoms. The van der Waals surface area contributed by atoms with Gasteiger partial charge in [0.05, 0.1) is 12.8 Å². The van der Waals surface area contributed by atoms with Crippen LogP contribution in [0.25, 0.3) is 0 Å². The Labute approximate surface area is 120 Å². The second-order valence-electron chi connectivity index (χ2n) is 4.46. The zero-order chi connectivity index (χ0) is 15.6. The summed E-state index contributed by atoms with van der Waals surface area (Å²) in [6, 6.07) is 6.84. The lowest BCUT2D eigenvalue weighted by Gasteiger charge is -2.10. The maximum Gasteiger partial charge on any atom is 0.261 e. The number of halogens is 2. The topological polar surface area (TPSA) is 64.3 Å². The van der Waals surface area contributed by atoms with E-state index in [-0.39, 0.29) is 5.56 Å². The van der Waals surface area contributed by atoms with E-state index in [1.165, 1.54) is 38.3 Å². The number of aryl methyl sites for hydroxylation is 1. The standard InChI is InChI=1S/C15H14F2N2O2/c1-8-3-5-10(16)13(14(8)17)15(20)19-9-4-6-11(18)12(7-9)21-2/h3-7H,18H2,1-2H3,(H,19,20). The molecule has 0 unspecified atom stereocenters. The molecule has 0 radical (unpaired) electrons. The Bertz CT molecular complexity index is 702. The minimum Gasteiger partial charge on any atom is -0.495 e. The van der Waals surface area contributed by atoms with Crippen LogP contribution in [0.4, 0.5) is 20.2 Å². The molecule has 0 spiro atoms. The lowest BCUT2D eigenvalue weighted by molar-refractivity contribution is 0.101. The van der Waals surface area contributed by atoms with Crippen LogP contribution in [0.5, 0.6) is 5.75 Å². The summed E-state index contributed by atoms with van der Waals surface area (Å²) < 4.78 is 32.5. The van der Waals surface area contributed by atoms with Crippen molar-refractivity contribution in [2.45, 2.75) is 6.92 Å². The molecular weight excluding hydrogens is 278 g/mol. The molecule has 0 aliphatic rings. The van der Waals surface area contributed by atoms with Gasteiger partial charge in [-0.25, -0.2) is 8.78 Å². The van der Waals surface area contributed by atoms with Crippen LogP contribution >= 0.6 is 0 Å². The molecule has 4 nitrogen and oxygen atoms in total. The first-order valence-electron chi connectivity index (χ1n) is 6.13. The van der Waals surface area contributed by atoms with Crippen molar-refractivity contribution in [2.75, 3.05) is 18.2 Å². The lowest BCUT2D eigenvalue weighted by Crippen LogP contribution is -2.16. The fourth-order valence-electron chi connectivity index (χ4n) is 1.85. The van der Waals surface area contributed by atoms with Gasteiger partial charge in [0.1, 0.15) is 22.9 Å². The number of nitrogens with two attached hydrogens (primary N) is 1. The van der Waals surface area contributed by atoms with E-state index in [1.807, 2.05) is 0 Å². The van der Waals surface area contributed by atoms with Crippen LogP contribution in [-0.4, -0.2) is 13.0 Å². The van der Waals surface area contributed by atoms with Crippen LogP contribution in [0.2, 0.25) is 0 Å². The van der Waals surface area contributed by atoms with E-state index in [4.69, 9.17) is 10.5 Å². The highest BCUT2D eigenvalue weighted by Gasteiger charge is 2.19. The summed E-state index contributed by atoms with van der Waals surface area (Å²) >= 11 is 0. The van der Waals surface area contributed by atoms with Crippen LogP contribution < -0.4 is 15.8 Å². The highest BCUT2D eigenvalue weighted by atomic mass is 19.1. The van der Waals surface area contributed by atoms with Crippen molar-refractivity contribution in [3.05, 3.63) is 53.1 Å². The summed E-state index contributed by atoms with van der Waals surface area (Å²) in [5.74, 6) is -2.31. The van der Waals surface area contributed by atoms with E-state index < -0.39 is 23.1 Å². The lowest BCUT2D eigenvalue weighted by atomic mass is 10.1. The molecule has 21 heavy (non-hydrogen) atoms. The number of nitrogen functional groups attached to an aromatic ring is 1. The van der Waals surface area contributed by atoms with Gasteiger partial charge in [0, 0.05) is 11.8 Å². The molecule has 0 fully saturated rings. The largest absolute Gasteiger partial charge is 0.495 e. The van der Waals surface area contributed by atoms with Gasteiger partial charge in [-0.1, -0.05) is 6.07 Å². The molecule has 2 aromatic carbocycles. The number of methoxy groups -OCH3 is 1. The molecule has 0 aliphatic heterocycles. The van der Waals surface area contributed by atoms with Crippen molar-refractivity contribution in [2.24, 2.45) is 0 Å². The maximum atomic E-state index is 13.9. The summed E-state index contributed by atoms with van der Waals surface area (Å²) in [6.07, 6.45) is 0. The second kappa shape index (κ2) is 5.78. The van der Waals surface area contributed by atoms with Crippen LogP contribution in [-0.2, 0) is 0 Å². The number of rotatable bonds is 3. The molecule has 0 bridgehead atoms. The van der Waals surface area contributed by atoms with Gasteiger partial charge in [-0.2, -0.15) is 0 Å². The van der Waals surface area contributed by atoms with E-state index in [2.05, 4.69) is 5.32 Å². The SMILES string of the molecule is COc1cc(NC(=O)c2c(F)ccc(C)c2F)ccc1N. The number of ether oxygens (including phenoxy) is 1. The molecule has 0 heterocycles. The van der Waals surface area contributed by atoms with Gasteiger partial charge in [0.2, 0.25) is 0 Å². The summed E-state index contributed by atoms with van der Waals surface area (Å²) in [5.41, 5.74) is 5.94. The zero-order valence-corrected chi connectivity index (χ0v) is 11.5. The smallest absolute Gasteiger partial charge is 0.261 e. The molecule has 2 aromatic rings. The van der Waals surface area contributed by atoms with Crippen molar-refractivity contribution in [3.63, 3.8) is 0 Å². The summed E-state index contributed by atoms with van der Waals surface area (Å²) in [4.78, 5) is 12.0. The minimum absolute atomic E-state index is 0.191. The number of amides is 1. The number of carbonyl (C=O) groups is 1. The van der Waals surface area contributed by atoms with E-state index in [0.29, 0.717) is 17.1 Å². The van der Waals surface area contributed by atoms with Crippen LogP contribution in [0.1, 0.15) is 15.9 Å². The zero-order valence-electron chi connectivity index (χ0n) is 11.5. The predicted octanol–water partition coefficient (Wildman–Crippen LogP) is 3.12. The molecule has 0 atom stereocenters. The second-order valence-corrected chi connectivity index (χ2v) is 4.46. The van der Waals surface area contributed by atoms with Gasteiger partial charge in [0.15, 0.2) is 0 Å². The Balaban J connectivity index is 2.33. The van der Waals surface area contributed by atoms with Gasteiger partial charge in [-0.15, -0.1) is 0 Å². The van der Waals surface area contributed by atoms with Gasteiger partial charge < -0.3 is 15.8 Å². The average Bonchev–Trinajstić information content (AvgIpc) is 2.45. The Morgan fingerprint density at radius 3 is 2.62 bits per heavy atom.